The predicted octanol–water partition coefficient (Wildman–Crippen LogP) is 5.29. The maximum Gasteiger partial charge on any atom is 0.214 e. The summed E-state index contributed by atoms with van der Waals surface area (Å²) < 4.78 is 2.26. The van der Waals surface area contributed by atoms with Crippen LogP contribution in [0.5, 0.6) is 0 Å². The molecule has 0 saturated heterocycles. The zero-order valence-corrected chi connectivity index (χ0v) is 17.3. The van der Waals surface area contributed by atoms with Crippen LogP contribution in [0.15, 0.2) is 53.5 Å². The minimum Gasteiger partial charge on any atom is -0.346 e. The molecular weight excluding hydrogens is 338 g/mol. The van der Waals surface area contributed by atoms with E-state index in [0.29, 0.717) is 12.1 Å². The topological polar surface area (TPSA) is 19.5 Å². The van der Waals surface area contributed by atoms with Crippen LogP contribution in [0.1, 0.15) is 27.7 Å². The van der Waals surface area contributed by atoms with Crippen molar-refractivity contribution in [3.05, 3.63) is 48.5 Å². The van der Waals surface area contributed by atoms with E-state index in [1.165, 1.54) is 21.8 Å². The van der Waals surface area contributed by atoms with E-state index in [4.69, 9.17) is 4.99 Å². The maximum absolute atomic E-state index is 5.21. The molecule has 0 saturated carbocycles. The fraction of sp³-hybridized carbons (Fsp3) is 0.364. The number of pyridine rings is 1. The van der Waals surface area contributed by atoms with Gasteiger partial charge in [0, 0.05) is 24.2 Å². The first-order valence-electron chi connectivity index (χ1n) is 9.16. The zero-order valence-electron chi connectivity index (χ0n) is 16.5. The van der Waals surface area contributed by atoms with Crippen LogP contribution in [0.2, 0.25) is 0 Å². The highest BCUT2D eigenvalue weighted by molar-refractivity contribution is 8.13. The molecule has 0 fully saturated rings. The molecule has 0 bridgehead atoms. The van der Waals surface area contributed by atoms with Gasteiger partial charge < -0.3 is 4.90 Å². The number of amidine groups is 1. The quantitative estimate of drug-likeness (QED) is 0.272. The number of thioether (sulfide) groups is 1. The molecule has 0 unspecified atom stereocenters. The van der Waals surface area contributed by atoms with E-state index in [0.717, 1.165) is 10.9 Å². The summed E-state index contributed by atoms with van der Waals surface area (Å²) in [5.41, 5.74) is 3.46. The van der Waals surface area contributed by atoms with Crippen LogP contribution in [0.25, 0.3) is 21.8 Å². The Bertz CT molecular complexity index is 895. The van der Waals surface area contributed by atoms with E-state index in [-0.39, 0.29) is 0 Å². The summed E-state index contributed by atoms with van der Waals surface area (Å²) in [6, 6.07) is 17.9. The Balaban J connectivity index is 2.36. The van der Waals surface area contributed by atoms with Crippen LogP contribution in [0.4, 0.5) is 5.69 Å². The number of hydrogen-bond acceptors (Lipinski definition) is 2. The smallest absolute Gasteiger partial charge is 0.214 e. The van der Waals surface area contributed by atoms with Crippen LogP contribution < -0.4 is 4.57 Å². The lowest BCUT2D eigenvalue weighted by molar-refractivity contribution is -0.617. The van der Waals surface area contributed by atoms with Crippen LogP contribution in [0, 0.1) is 0 Å². The number of hydrogen-bond donors (Lipinski definition) is 0. The van der Waals surface area contributed by atoms with Gasteiger partial charge in [-0.3, -0.25) is 0 Å². The molecule has 1 heterocycles. The summed E-state index contributed by atoms with van der Waals surface area (Å²) in [5.74, 6) is 0. The van der Waals surface area contributed by atoms with Crippen molar-refractivity contribution in [1.82, 2.24) is 4.90 Å². The molecule has 0 N–H and O–H groups in total. The van der Waals surface area contributed by atoms with E-state index in [1.807, 2.05) is 0 Å². The molecule has 0 radical (unpaired) electrons. The lowest BCUT2D eigenvalue weighted by Crippen LogP contribution is -2.40. The van der Waals surface area contributed by atoms with Gasteiger partial charge in [0.15, 0.2) is 5.17 Å². The number of fused-ring (bicyclic) bond motifs is 2. The molecule has 0 amide bonds. The molecule has 0 aliphatic carbocycles. The van der Waals surface area contributed by atoms with E-state index in [2.05, 4.69) is 99.0 Å². The van der Waals surface area contributed by atoms with Gasteiger partial charge in [-0.15, -0.1) is 0 Å². The van der Waals surface area contributed by atoms with Crippen molar-refractivity contribution in [3.8, 4) is 0 Å². The Hall–Kier alpha value is -2.07. The predicted molar refractivity (Wildman–Crippen MR) is 115 cm³/mol. The minimum atomic E-state index is 0.401. The number of aromatic nitrogens is 1. The largest absolute Gasteiger partial charge is 0.346 e. The molecule has 0 aliphatic rings. The molecule has 0 aliphatic heterocycles. The summed E-state index contributed by atoms with van der Waals surface area (Å²) in [6.07, 6.45) is 2.11. The van der Waals surface area contributed by atoms with Gasteiger partial charge in [0.25, 0.3) is 0 Å². The van der Waals surface area contributed by atoms with Gasteiger partial charge in [-0.1, -0.05) is 36.0 Å². The first kappa shape index (κ1) is 18.7. The van der Waals surface area contributed by atoms with Crippen molar-refractivity contribution in [2.24, 2.45) is 12.0 Å². The lowest BCUT2D eigenvalue weighted by Gasteiger charge is -2.33. The summed E-state index contributed by atoms with van der Waals surface area (Å²) in [7, 11) is 2.13. The molecule has 26 heavy (non-hydrogen) atoms. The van der Waals surface area contributed by atoms with Crippen molar-refractivity contribution in [2.75, 3.05) is 6.26 Å². The van der Waals surface area contributed by atoms with Gasteiger partial charge in [-0.25, -0.2) is 4.99 Å². The van der Waals surface area contributed by atoms with Crippen molar-refractivity contribution in [3.63, 3.8) is 0 Å². The van der Waals surface area contributed by atoms with Crippen molar-refractivity contribution < 1.29 is 4.57 Å². The fourth-order valence-corrected chi connectivity index (χ4v) is 4.49. The maximum atomic E-state index is 5.21. The summed E-state index contributed by atoms with van der Waals surface area (Å²) in [4.78, 5) is 7.60. The summed E-state index contributed by atoms with van der Waals surface area (Å²) >= 11 is 1.72. The molecule has 136 valence electrons. The number of benzene rings is 2. The standard InChI is InChI=1S/C22H28N3S/c1-15(2)25(16(3)4)22(26-6)23-21-17-11-7-9-13-19(17)24(5)20-14-10-8-12-18(20)21/h7-16H,1-6H3/q+1. The van der Waals surface area contributed by atoms with Gasteiger partial charge in [0.1, 0.15) is 7.05 Å². The Morgan fingerprint density at radius 3 is 1.77 bits per heavy atom. The van der Waals surface area contributed by atoms with Crippen LogP contribution in [0.3, 0.4) is 0 Å². The molecular formula is C22H28N3S+. The van der Waals surface area contributed by atoms with Gasteiger partial charge in [0.2, 0.25) is 11.0 Å². The molecule has 3 rings (SSSR count). The highest BCUT2D eigenvalue weighted by Crippen LogP contribution is 2.33. The third-order valence-electron chi connectivity index (χ3n) is 4.76. The Kier molecular flexibility index (Phi) is 5.52. The average molecular weight is 367 g/mol. The van der Waals surface area contributed by atoms with Gasteiger partial charge in [-0.2, -0.15) is 4.57 Å². The first-order valence-corrected chi connectivity index (χ1v) is 10.4. The number of rotatable bonds is 3. The zero-order chi connectivity index (χ0) is 18.8. The summed E-state index contributed by atoms with van der Waals surface area (Å²) in [5, 5.41) is 3.44. The highest BCUT2D eigenvalue weighted by Gasteiger charge is 2.21. The second-order valence-corrected chi connectivity index (χ2v) is 7.91. The number of para-hydroxylation sites is 2. The molecule has 3 aromatic rings. The van der Waals surface area contributed by atoms with Crippen LogP contribution in [-0.4, -0.2) is 28.4 Å². The molecule has 1 aromatic heterocycles. The SMILES string of the molecule is CSC(=Nc1c2ccccc2[n+](C)c2ccccc12)N(C(C)C)C(C)C. The first-order chi connectivity index (χ1) is 12.5. The minimum absolute atomic E-state index is 0.401. The Labute approximate surface area is 160 Å². The highest BCUT2D eigenvalue weighted by atomic mass is 32.2. The van der Waals surface area contributed by atoms with E-state index < -0.39 is 0 Å². The van der Waals surface area contributed by atoms with E-state index in [9.17, 15) is 0 Å². The third-order valence-corrected chi connectivity index (χ3v) is 5.43. The molecule has 3 nitrogen and oxygen atoms in total. The second-order valence-electron chi connectivity index (χ2n) is 7.14. The Morgan fingerprint density at radius 2 is 1.35 bits per heavy atom. The molecule has 0 spiro atoms. The Morgan fingerprint density at radius 1 is 0.885 bits per heavy atom. The molecule has 2 aromatic carbocycles. The number of aryl methyl sites for hydroxylation is 1. The van der Waals surface area contributed by atoms with E-state index >= 15 is 0 Å². The van der Waals surface area contributed by atoms with E-state index in [1.54, 1.807) is 11.8 Å². The number of aliphatic imine (C=N–C) groups is 1. The average Bonchev–Trinajstić information content (AvgIpc) is 2.63. The monoisotopic (exact) mass is 366 g/mol. The van der Waals surface area contributed by atoms with Crippen LogP contribution >= 0.6 is 11.8 Å². The second kappa shape index (κ2) is 7.67. The fourth-order valence-electron chi connectivity index (χ4n) is 3.67. The number of nitrogens with zero attached hydrogens (tertiary/aromatic N) is 3. The lowest BCUT2D eigenvalue weighted by atomic mass is 10.1. The van der Waals surface area contributed by atoms with Crippen LogP contribution in [-0.2, 0) is 7.05 Å². The van der Waals surface area contributed by atoms with Gasteiger partial charge in [0.05, 0.1) is 16.5 Å². The van der Waals surface area contributed by atoms with Crippen molar-refractivity contribution in [1.29, 1.82) is 0 Å². The molecule has 0 atom stereocenters. The van der Waals surface area contributed by atoms with Gasteiger partial charge in [-0.05, 0) is 46.1 Å². The van der Waals surface area contributed by atoms with Crippen molar-refractivity contribution >= 4 is 44.4 Å². The molecule has 4 heteroatoms. The third kappa shape index (κ3) is 3.30. The van der Waals surface area contributed by atoms with Gasteiger partial charge >= 0.3 is 0 Å². The summed E-state index contributed by atoms with van der Waals surface area (Å²) in [6.45, 7) is 8.92. The normalized spacial score (nSPS) is 12.5. The van der Waals surface area contributed by atoms with Crippen molar-refractivity contribution in [2.45, 2.75) is 39.8 Å².